The van der Waals surface area contributed by atoms with E-state index in [1.165, 1.54) is 24.7 Å². The number of para-hydroxylation sites is 2. The third kappa shape index (κ3) is 8.01. The number of hydrazone groups is 1. The van der Waals surface area contributed by atoms with Crippen molar-refractivity contribution in [1.29, 1.82) is 0 Å². The summed E-state index contributed by atoms with van der Waals surface area (Å²) in [4.78, 5) is 29.7. The molecule has 1 heterocycles. The summed E-state index contributed by atoms with van der Waals surface area (Å²) < 4.78 is 11.7. The molecule has 0 bridgehead atoms. The Hall–Kier alpha value is -4.71. The molecule has 3 N–H and O–H groups in total. The maximum absolute atomic E-state index is 12.7. The largest absolute Gasteiger partial charge is 0.493 e. The van der Waals surface area contributed by atoms with Crippen LogP contribution in [0.25, 0.3) is 11.3 Å². The molecular formula is C32H25BrClN5O4S. The molecule has 4 aromatic carbocycles. The first-order valence-electron chi connectivity index (χ1n) is 13.2. The van der Waals surface area contributed by atoms with Gasteiger partial charge in [-0.1, -0.05) is 54.1 Å². The first-order chi connectivity index (χ1) is 21.4. The van der Waals surface area contributed by atoms with Gasteiger partial charge in [0.25, 0.3) is 11.8 Å². The van der Waals surface area contributed by atoms with Crippen LogP contribution in [-0.4, -0.2) is 36.7 Å². The van der Waals surface area contributed by atoms with Crippen LogP contribution in [0.4, 0.5) is 16.5 Å². The minimum Gasteiger partial charge on any atom is -0.493 e. The van der Waals surface area contributed by atoms with Gasteiger partial charge in [0.2, 0.25) is 0 Å². The van der Waals surface area contributed by atoms with E-state index in [1.54, 1.807) is 48.5 Å². The summed E-state index contributed by atoms with van der Waals surface area (Å²) in [7, 11) is 1.48. The van der Waals surface area contributed by atoms with Gasteiger partial charge in [0.05, 0.1) is 34.2 Å². The van der Waals surface area contributed by atoms with Crippen LogP contribution in [0.1, 0.15) is 15.9 Å². The van der Waals surface area contributed by atoms with Gasteiger partial charge in [-0.25, -0.2) is 10.4 Å². The number of methoxy groups -OCH3 is 1. The van der Waals surface area contributed by atoms with Crippen molar-refractivity contribution in [3.8, 4) is 22.8 Å². The highest BCUT2D eigenvalue weighted by molar-refractivity contribution is 9.10. The highest BCUT2D eigenvalue weighted by atomic mass is 79.9. The Morgan fingerprint density at radius 1 is 1.02 bits per heavy atom. The van der Waals surface area contributed by atoms with Crippen LogP contribution in [-0.2, 0) is 4.79 Å². The number of benzene rings is 4. The zero-order chi connectivity index (χ0) is 30.9. The lowest BCUT2D eigenvalue weighted by atomic mass is 10.1. The Bertz CT molecular complexity index is 1800. The number of carbonyl (C=O) groups is 2. The lowest BCUT2D eigenvalue weighted by Gasteiger charge is -2.14. The van der Waals surface area contributed by atoms with E-state index < -0.39 is 0 Å². The Morgan fingerprint density at radius 2 is 1.77 bits per heavy atom. The van der Waals surface area contributed by atoms with Crippen LogP contribution in [0.15, 0.2) is 106 Å². The number of halogens is 2. The number of nitrogens with one attached hydrogen (secondary N) is 3. The summed E-state index contributed by atoms with van der Waals surface area (Å²) in [6, 6.07) is 27.3. The van der Waals surface area contributed by atoms with E-state index in [4.69, 9.17) is 21.1 Å². The summed E-state index contributed by atoms with van der Waals surface area (Å²) in [5.41, 5.74) is 6.76. The van der Waals surface area contributed by atoms with Crippen LogP contribution in [0.5, 0.6) is 11.5 Å². The van der Waals surface area contributed by atoms with E-state index in [9.17, 15) is 9.59 Å². The molecule has 0 radical (unpaired) electrons. The van der Waals surface area contributed by atoms with E-state index in [0.29, 0.717) is 37.8 Å². The smallest absolute Gasteiger partial charge is 0.271 e. The van der Waals surface area contributed by atoms with Gasteiger partial charge in [-0.2, -0.15) is 5.10 Å². The van der Waals surface area contributed by atoms with E-state index in [1.807, 2.05) is 47.8 Å². The topological polar surface area (TPSA) is 114 Å². The minimum absolute atomic E-state index is 0.267. The average molecular weight is 691 g/mol. The zero-order valence-electron chi connectivity index (χ0n) is 23.2. The Labute approximate surface area is 271 Å². The number of hydrogen-bond donors (Lipinski definition) is 3. The van der Waals surface area contributed by atoms with Gasteiger partial charge in [-0.05, 0) is 70.0 Å². The van der Waals surface area contributed by atoms with Crippen LogP contribution >= 0.6 is 38.9 Å². The molecule has 2 amide bonds. The number of carbonyl (C=O) groups excluding carboxylic acids is 2. The fraction of sp³-hybridized carbons (Fsp3) is 0.0625. The number of hydrogen-bond acceptors (Lipinski definition) is 8. The highest BCUT2D eigenvalue weighted by Gasteiger charge is 2.14. The lowest BCUT2D eigenvalue weighted by molar-refractivity contribution is -0.118. The average Bonchev–Trinajstić information content (AvgIpc) is 3.50. The molecule has 0 atom stereocenters. The fourth-order valence-electron chi connectivity index (χ4n) is 3.97. The van der Waals surface area contributed by atoms with Crippen molar-refractivity contribution in [3.05, 3.63) is 117 Å². The maximum Gasteiger partial charge on any atom is 0.271 e. The van der Waals surface area contributed by atoms with Crippen LogP contribution < -0.4 is 25.5 Å². The molecule has 1 aromatic heterocycles. The van der Waals surface area contributed by atoms with Crippen LogP contribution in [0, 0.1) is 0 Å². The minimum atomic E-state index is -0.384. The van der Waals surface area contributed by atoms with Crippen molar-refractivity contribution in [2.45, 2.75) is 0 Å². The van der Waals surface area contributed by atoms with Gasteiger partial charge in [0.1, 0.15) is 0 Å². The SMILES string of the molecule is COc1cc(/C=N/NC(=O)c2ccc(-c3csc(Nc4ccccc4)n3)cc2)cc(Br)c1OCC(=O)Nc1ccccc1Cl. The molecular weight excluding hydrogens is 666 g/mol. The second-order valence-corrected chi connectivity index (χ2v) is 11.3. The number of nitrogens with zero attached hydrogens (tertiary/aromatic N) is 2. The van der Waals surface area contributed by atoms with Crippen molar-refractivity contribution in [2.24, 2.45) is 5.10 Å². The zero-order valence-corrected chi connectivity index (χ0v) is 26.4. The lowest BCUT2D eigenvalue weighted by Crippen LogP contribution is -2.20. The third-order valence-electron chi connectivity index (χ3n) is 6.10. The molecule has 0 aliphatic rings. The van der Waals surface area contributed by atoms with Crippen LogP contribution in [0.2, 0.25) is 5.02 Å². The third-order valence-corrected chi connectivity index (χ3v) is 7.78. The van der Waals surface area contributed by atoms with Crippen molar-refractivity contribution < 1.29 is 19.1 Å². The number of anilines is 3. The maximum atomic E-state index is 12.7. The molecule has 12 heteroatoms. The number of amides is 2. The van der Waals surface area contributed by atoms with Crippen molar-refractivity contribution in [3.63, 3.8) is 0 Å². The quantitative estimate of drug-likeness (QED) is 0.0965. The highest BCUT2D eigenvalue weighted by Crippen LogP contribution is 2.36. The standard InChI is InChI=1S/C32H25BrClN5O4S/c1-42-28-16-20(15-24(33)30(28)43-18-29(40)37-26-10-6-5-9-25(26)34)17-35-39-31(41)22-13-11-21(12-14-22)27-19-44-32(38-27)36-23-7-3-2-4-8-23/h2-17,19H,18H2,1H3,(H,36,38)(H,37,40)(H,39,41)/b35-17+. The van der Waals surface area contributed by atoms with Gasteiger partial charge in [0, 0.05) is 22.2 Å². The molecule has 0 spiro atoms. The molecule has 222 valence electrons. The molecule has 9 nitrogen and oxygen atoms in total. The molecule has 0 unspecified atom stereocenters. The summed E-state index contributed by atoms with van der Waals surface area (Å²) in [5, 5.41) is 13.2. The predicted molar refractivity (Wildman–Crippen MR) is 179 cm³/mol. The second-order valence-electron chi connectivity index (χ2n) is 9.16. The number of rotatable bonds is 11. The predicted octanol–water partition coefficient (Wildman–Crippen LogP) is 7.76. The molecule has 0 saturated carbocycles. The van der Waals surface area contributed by atoms with Crippen molar-refractivity contribution in [1.82, 2.24) is 10.4 Å². The Morgan fingerprint density at radius 3 is 2.52 bits per heavy atom. The Kier molecular flexibility index (Phi) is 10.2. The summed E-state index contributed by atoms with van der Waals surface area (Å²) in [5.74, 6) is -0.0403. The molecule has 0 aliphatic heterocycles. The molecule has 0 aliphatic carbocycles. The van der Waals surface area contributed by atoms with E-state index >= 15 is 0 Å². The summed E-state index contributed by atoms with van der Waals surface area (Å²) in [6.45, 7) is -0.267. The molecule has 44 heavy (non-hydrogen) atoms. The number of thiazole rings is 1. The number of aromatic nitrogens is 1. The molecule has 5 rings (SSSR count). The summed E-state index contributed by atoms with van der Waals surface area (Å²) >= 11 is 11.1. The monoisotopic (exact) mass is 689 g/mol. The first kappa shape index (κ1) is 30.7. The fourth-order valence-corrected chi connectivity index (χ4v) is 5.47. The second kappa shape index (κ2) is 14.6. The van der Waals surface area contributed by atoms with Gasteiger partial charge >= 0.3 is 0 Å². The Balaban J connectivity index is 1.16. The van der Waals surface area contributed by atoms with Crippen LogP contribution in [0.3, 0.4) is 0 Å². The molecule has 0 fully saturated rings. The summed E-state index contributed by atoms with van der Waals surface area (Å²) in [6.07, 6.45) is 1.48. The van der Waals surface area contributed by atoms with Gasteiger partial charge < -0.3 is 20.1 Å². The van der Waals surface area contributed by atoms with E-state index in [0.717, 1.165) is 22.1 Å². The van der Waals surface area contributed by atoms with E-state index in [2.05, 4.69) is 42.1 Å². The first-order valence-corrected chi connectivity index (χ1v) is 15.2. The van der Waals surface area contributed by atoms with Crippen molar-refractivity contribution in [2.75, 3.05) is 24.4 Å². The van der Waals surface area contributed by atoms with Gasteiger partial charge in [0.15, 0.2) is 23.2 Å². The van der Waals surface area contributed by atoms with Gasteiger partial charge in [-0.15, -0.1) is 11.3 Å². The normalized spacial score (nSPS) is 10.8. The van der Waals surface area contributed by atoms with E-state index in [-0.39, 0.29) is 18.4 Å². The molecule has 0 saturated heterocycles. The molecule has 5 aromatic rings. The van der Waals surface area contributed by atoms with Crippen molar-refractivity contribution >= 4 is 73.4 Å². The van der Waals surface area contributed by atoms with Gasteiger partial charge in [-0.3, -0.25) is 9.59 Å². The number of ether oxygens (including phenoxy) is 2.